The normalized spacial score (nSPS) is 18.6. The minimum atomic E-state index is -2.82. The van der Waals surface area contributed by atoms with Crippen LogP contribution >= 0.6 is 0 Å². The smallest absolute Gasteiger partial charge is 0.157 e. The first kappa shape index (κ1) is 12.4. The second kappa shape index (κ2) is 5.06. The first-order valence-electron chi connectivity index (χ1n) is 5.70. The molecule has 0 unspecified atom stereocenters. The van der Waals surface area contributed by atoms with E-state index >= 15 is 0 Å². The lowest BCUT2D eigenvalue weighted by Gasteiger charge is -2.27. The summed E-state index contributed by atoms with van der Waals surface area (Å²) in [4.78, 5) is 0. The van der Waals surface area contributed by atoms with Gasteiger partial charge in [0.2, 0.25) is 0 Å². The molecular weight excluding hydrogens is 238 g/mol. The van der Waals surface area contributed by atoms with Gasteiger partial charge < -0.3 is 10.1 Å². The van der Waals surface area contributed by atoms with E-state index in [-0.39, 0.29) is 17.6 Å². The van der Waals surface area contributed by atoms with Crippen molar-refractivity contribution < 1.29 is 13.2 Å². The van der Waals surface area contributed by atoms with Crippen molar-refractivity contribution in [2.45, 2.75) is 12.5 Å². The Morgan fingerprint density at radius 2 is 2.06 bits per heavy atom. The number of sulfone groups is 1. The van der Waals surface area contributed by atoms with Crippen molar-refractivity contribution in [1.82, 2.24) is 5.32 Å². The summed E-state index contributed by atoms with van der Waals surface area (Å²) in [6.07, 6.45) is 0.710. The lowest BCUT2D eigenvalue weighted by atomic mass is 10.1. The van der Waals surface area contributed by atoms with Crippen LogP contribution in [0.4, 0.5) is 0 Å². The molecule has 4 nitrogen and oxygen atoms in total. The van der Waals surface area contributed by atoms with E-state index in [4.69, 9.17) is 4.74 Å². The molecule has 1 N–H and O–H groups in total. The fourth-order valence-corrected chi connectivity index (χ4v) is 3.02. The Bertz CT molecular complexity index is 472. The van der Waals surface area contributed by atoms with E-state index in [1.807, 2.05) is 31.3 Å². The van der Waals surface area contributed by atoms with Crippen molar-refractivity contribution in [3.8, 4) is 5.75 Å². The Kier molecular flexibility index (Phi) is 3.69. The fraction of sp³-hybridized carbons (Fsp3) is 0.500. The van der Waals surface area contributed by atoms with E-state index in [1.165, 1.54) is 0 Å². The van der Waals surface area contributed by atoms with Gasteiger partial charge in [-0.1, -0.05) is 18.2 Å². The largest absolute Gasteiger partial charge is 0.488 e. The number of likely N-dealkylation sites (N-methyl/N-ethyl adjacent to an activating group) is 1. The predicted molar refractivity (Wildman–Crippen MR) is 67.1 cm³/mol. The van der Waals surface area contributed by atoms with Crippen LogP contribution in [0.1, 0.15) is 5.56 Å². The van der Waals surface area contributed by atoms with E-state index in [0.29, 0.717) is 0 Å². The van der Waals surface area contributed by atoms with Crippen molar-refractivity contribution in [2.24, 2.45) is 0 Å². The summed E-state index contributed by atoms with van der Waals surface area (Å²) in [5.74, 6) is 1.10. The Hall–Kier alpha value is -1.07. The van der Waals surface area contributed by atoms with Gasteiger partial charge in [-0.15, -0.1) is 0 Å². The van der Waals surface area contributed by atoms with Gasteiger partial charge in [0.05, 0.1) is 11.5 Å². The predicted octanol–water partition coefficient (Wildman–Crippen LogP) is 0.624. The third-order valence-corrected chi connectivity index (χ3v) is 4.55. The highest BCUT2D eigenvalue weighted by atomic mass is 32.2. The number of hydrogen-bond donors (Lipinski definition) is 1. The number of nitrogens with one attached hydrogen (secondary N) is 1. The van der Waals surface area contributed by atoms with Gasteiger partial charge in [-0.3, -0.25) is 0 Å². The van der Waals surface area contributed by atoms with Gasteiger partial charge >= 0.3 is 0 Å². The summed E-state index contributed by atoms with van der Waals surface area (Å²) in [7, 11) is -0.913. The zero-order valence-electron chi connectivity index (χ0n) is 9.85. The van der Waals surface area contributed by atoms with Crippen LogP contribution in [0.15, 0.2) is 24.3 Å². The van der Waals surface area contributed by atoms with Crippen molar-refractivity contribution in [3.63, 3.8) is 0 Å². The van der Waals surface area contributed by atoms with E-state index in [1.54, 1.807) is 0 Å². The molecule has 5 heteroatoms. The van der Waals surface area contributed by atoms with Crippen LogP contribution in [0.25, 0.3) is 0 Å². The summed E-state index contributed by atoms with van der Waals surface area (Å²) in [5.41, 5.74) is 1.12. The zero-order valence-corrected chi connectivity index (χ0v) is 10.7. The van der Waals surface area contributed by atoms with Crippen LogP contribution in [-0.2, 0) is 16.3 Å². The first-order chi connectivity index (χ1) is 8.11. The van der Waals surface area contributed by atoms with Gasteiger partial charge in [-0.25, -0.2) is 8.42 Å². The Labute approximate surface area is 102 Å². The molecule has 0 aromatic heterocycles. The number of ether oxygens (including phenoxy) is 1. The van der Waals surface area contributed by atoms with Gasteiger partial charge in [0.1, 0.15) is 11.9 Å². The Morgan fingerprint density at radius 3 is 2.71 bits per heavy atom. The topological polar surface area (TPSA) is 55.4 Å². The van der Waals surface area contributed by atoms with Gasteiger partial charge in [0.15, 0.2) is 9.84 Å². The maximum Gasteiger partial charge on any atom is 0.157 e. The fourth-order valence-electron chi connectivity index (χ4n) is 1.85. The van der Waals surface area contributed by atoms with E-state index in [9.17, 15) is 8.42 Å². The van der Waals surface area contributed by atoms with E-state index in [0.717, 1.165) is 24.3 Å². The van der Waals surface area contributed by atoms with Crippen LogP contribution in [0.5, 0.6) is 5.75 Å². The van der Waals surface area contributed by atoms with Gasteiger partial charge in [0, 0.05) is 0 Å². The standard InChI is InChI=1S/C12H17NO3S/c1-13-7-6-10-4-2-3-5-12(10)16-11-8-17(14,15)9-11/h2-5,11,13H,6-9H2,1H3. The SMILES string of the molecule is CNCCc1ccccc1OC1CS(=O)(=O)C1. The summed E-state index contributed by atoms with van der Waals surface area (Å²) < 4.78 is 27.8. The third-order valence-electron chi connectivity index (χ3n) is 2.79. The van der Waals surface area contributed by atoms with Crippen molar-refractivity contribution in [1.29, 1.82) is 0 Å². The maximum atomic E-state index is 11.1. The summed E-state index contributed by atoms with van der Waals surface area (Å²) >= 11 is 0. The minimum absolute atomic E-state index is 0.146. The van der Waals surface area contributed by atoms with Crippen LogP contribution in [0.2, 0.25) is 0 Å². The molecule has 0 bridgehead atoms. The molecule has 0 radical (unpaired) electrons. The molecule has 0 amide bonds. The molecule has 1 saturated heterocycles. The summed E-state index contributed by atoms with van der Waals surface area (Å²) in [5, 5.41) is 3.09. The molecule has 0 aliphatic carbocycles. The van der Waals surface area contributed by atoms with Gasteiger partial charge in [-0.05, 0) is 31.6 Å². The van der Waals surface area contributed by atoms with Crippen LogP contribution in [0.3, 0.4) is 0 Å². The lowest BCUT2D eigenvalue weighted by Crippen LogP contribution is -2.45. The molecule has 0 saturated carbocycles. The van der Waals surface area contributed by atoms with Crippen molar-refractivity contribution >= 4 is 9.84 Å². The van der Waals surface area contributed by atoms with Crippen LogP contribution in [-0.4, -0.2) is 39.6 Å². The third kappa shape index (κ3) is 3.20. The Balaban J connectivity index is 2.00. The van der Waals surface area contributed by atoms with Crippen molar-refractivity contribution in [2.75, 3.05) is 25.1 Å². The molecule has 17 heavy (non-hydrogen) atoms. The number of rotatable bonds is 5. The number of hydrogen-bond acceptors (Lipinski definition) is 4. The van der Waals surface area contributed by atoms with Crippen LogP contribution in [0, 0.1) is 0 Å². The maximum absolute atomic E-state index is 11.1. The average molecular weight is 255 g/mol. The molecule has 1 fully saturated rings. The second-order valence-electron chi connectivity index (χ2n) is 4.28. The molecule has 0 atom stereocenters. The average Bonchev–Trinajstić information content (AvgIpc) is 2.25. The zero-order chi connectivity index (χ0) is 12.3. The molecule has 1 aliphatic rings. The molecule has 1 aliphatic heterocycles. The highest BCUT2D eigenvalue weighted by Gasteiger charge is 2.35. The van der Waals surface area contributed by atoms with Crippen LogP contribution < -0.4 is 10.1 Å². The highest BCUT2D eigenvalue weighted by molar-refractivity contribution is 7.92. The van der Waals surface area contributed by atoms with E-state index in [2.05, 4.69) is 5.32 Å². The van der Waals surface area contributed by atoms with Gasteiger partial charge in [-0.2, -0.15) is 0 Å². The molecule has 1 aromatic carbocycles. The molecule has 0 spiro atoms. The minimum Gasteiger partial charge on any atom is -0.488 e. The summed E-state index contributed by atoms with van der Waals surface area (Å²) in [6.45, 7) is 0.878. The lowest BCUT2D eigenvalue weighted by molar-refractivity contribution is 0.228. The van der Waals surface area contributed by atoms with Gasteiger partial charge in [0.25, 0.3) is 0 Å². The van der Waals surface area contributed by atoms with E-state index < -0.39 is 9.84 Å². The molecule has 1 heterocycles. The first-order valence-corrected chi connectivity index (χ1v) is 7.52. The Morgan fingerprint density at radius 1 is 1.35 bits per heavy atom. The second-order valence-corrected chi connectivity index (χ2v) is 6.43. The monoisotopic (exact) mass is 255 g/mol. The summed E-state index contributed by atoms with van der Waals surface area (Å²) in [6, 6.07) is 7.79. The molecular formula is C12H17NO3S. The van der Waals surface area contributed by atoms with Crippen molar-refractivity contribution in [3.05, 3.63) is 29.8 Å². The number of para-hydroxylation sites is 1. The quantitative estimate of drug-likeness (QED) is 0.838. The molecule has 2 rings (SSSR count). The number of benzene rings is 1. The highest BCUT2D eigenvalue weighted by Crippen LogP contribution is 2.23. The molecule has 94 valence electrons. The molecule has 1 aromatic rings.